The van der Waals surface area contributed by atoms with E-state index in [-0.39, 0.29) is 6.04 Å². The predicted molar refractivity (Wildman–Crippen MR) is 75.4 cm³/mol. The van der Waals surface area contributed by atoms with Gasteiger partial charge in [0.2, 0.25) is 0 Å². The minimum absolute atomic E-state index is 0.219. The monoisotopic (exact) mass is 269 g/mol. The summed E-state index contributed by atoms with van der Waals surface area (Å²) in [5, 5.41) is 3.50. The standard InChI is InChI=1S/C14H23NO2S/c1-10(2)11(3)15-12(4)13-6-8-14(9-7-13)18(5,16)17/h6-12,15H,1-5H3. The van der Waals surface area contributed by atoms with Gasteiger partial charge in [-0.15, -0.1) is 0 Å². The van der Waals surface area contributed by atoms with E-state index in [1.165, 1.54) is 6.26 Å². The Balaban J connectivity index is 2.80. The van der Waals surface area contributed by atoms with Gasteiger partial charge in [0.05, 0.1) is 4.90 Å². The van der Waals surface area contributed by atoms with E-state index in [1.54, 1.807) is 12.1 Å². The number of hydrogen-bond donors (Lipinski definition) is 1. The Morgan fingerprint density at radius 2 is 1.50 bits per heavy atom. The van der Waals surface area contributed by atoms with E-state index in [2.05, 4.69) is 33.0 Å². The lowest BCUT2D eigenvalue weighted by atomic mass is 10.0. The Morgan fingerprint density at radius 3 is 1.89 bits per heavy atom. The van der Waals surface area contributed by atoms with Crippen LogP contribution in [0.4, 0.5) is 0 Å². The number of nitrogens with one attached hydrogen (secondary N) is 1. The van der Waals surface area contributed by atoms with Crippen LogP contribution in [0.3, 0.4) is 0 Å². The van der Waals surface area contributed by atoms with Crippen molar-refractivity contribution >= 4 is 9.84 Å². The van der Waals surface area contributed by atoms with E-state index in [0.717, 1.165) is 5.56 Å². The van der Waals surface area contributed by atoms with Crippen molar-refractivity contribution in [2.75, 3.05) is 6.26 Å². The first-order chi connectivity index (χ1) is 8.21. The van der Waals surface area contributed by atoms with Crippen LogP contribution in [0.1, 0.15) is 39.3 Å². The van der Waals surface area contributed by atoms with Gasteiger partial charge >= 0.3 is 0 Å². The van der Waals surface area contributed by atoms with Crippen LogP contribution in [0, 0.1) is 5.92 Å². The van der Waals surface area contributed by atoms with Crippen molar-refractivity contribution in [1.29, 1.82) is 0 Å². The van der Waals surface area contributed by atoms with Crippen molar-refractivity contribution < 1.29 is 8.42 Å². The molecular formula is C14H23NO2S. The van der Waals surface area contributed by atoms with Crippen LogP contribution in [0.25, 0.3) is 0 Å². The molecule has 2 unspecified atom stereocenters. The molecule has 2 atom stereocenters. The Hall–Kier alpha value is -0.870. The molecular weight excluding hydrogens is 246 g/mol. The molecule has 18 heavy (non-hydrogen) atoms. The molecule has 0 radical (unpaired) electrons. The Kier molecular flexibility index (Phi) is 4.93. The average Bonchev–Trinajstić information content (AvgIpc) is 2.27. The Labute approximate surface area is 111 Å². The van der Waals surface area contributed by atoms with Crippen LogP contribution >= 0.6 is 0 Å². The average molecular weight is 269 g/mol. The van der Waals surface area contributed by atoms with Crippen LogP contribution in [0.2, 0.25) is 0 Å². The summed E-state index contributed by atoms with van der Waals surface area (Å²) >= 11 is 0. The fourth-order valence-electron chi connectivity index (χ4n) is 1.69. The van der Waals surface area contributed by atoms with Crippen molar-refractivity contribution in [2.45, 2.75) is 44.7 Å². The summed E-state index contributed by atoms with van der Waals surface area (Å²) in [7, 11) is -3.10. The number of benzene rings is 1. The zero-order valence-electron chi connectivity index (χ0n) is 11.8. The van der Waals surface area contributed by atoms with Gasteiger partial charge < -0.3 is 5.32 Å². The second-order valence-electron chi connectivity index (χ2n) is 5.26. The molecule has 1 aromatic carbocycles. The molecule has 0 saturated heterocycles. The topological polar surface area (TPSA) is 46.2 Å². The highest BCUT2D eigenvalue weighted by Crippen LogP contribution is 2.17. The molecule has 0 heterocycles. The van der Waals surface area contributed by atoms with Crippen molar-refractivity contribution in [3.05, 3.63) is 29.8 Å². The van der Waals surface area contributed by atoms with Gasteiger partial charge in [0.15, 0.2) is 9.84 Å². The molecule has 0 saturated carbocycles. The maximum Gasteiger partial charge on any atom is 0.175 e. The molecule has 0 aromatic heterocycles. The van der Waals surface area contributed by atoms with Gasteiger partial charge in [-0.25, -0.2) is 8.42 Å². The highest BCUT2D eigenvalue weighted by atomic mass is 32.2. The molecule has 0 aliphatic rings. The summed E-state index contributed by atoms with van der Waals surface area (Å²) in [5.41, 5.74) is 1.11. The third-order valence-electron chi connectivity index (χ3n) is 3.32. The number of hydrogen-bond acceptors (Lipinski definition) is 3. The first-order valence-electron chi connectivity index (χ1n) is 6.28. The lowest BCUT2D eigenvalue weighted by molar-refractivity contribution is 0.389. The number of rotatable bonds is 5. The summed E-state index contributed by atoms with van der Waals surface area (Å²) in [4.78, 5) is 0.371. The minimum atomic E-state index is -3.10. The van der Waals surface area contributed by atoms with Crippen molar-refractivity contribution in [1.82, 2.24) is 5.32 Å². The quantitative estimate of drug-likeness (QED) is 0.894. The smallest absolute Gasteiger partial charge is 0.175 e. The van der Waals surface area contributed by atoms with Gasteiger partial charge in [0.25, 0.3) is 0 Å². The first-order valence-corrected chi connectivity index (χ1v) is 8.17. The fourth-order valence-corrected chi connectivity index (χ4v) is 2.32. The Morgan fingerprint density at radius 1 is 1.00 bits per heavy atom. The van der Waals surface area contributed by atoms with Crippen molar-refractivity contribution in [3.8, 4) is 0 Å². The molecule has 102 valence electrons. The first kappa shape index (κ1) is 15.2. The Bertz CT molecular complexity index is 477. The summed E-state index contributed by atoms with van der Waals surface area (Å²) < 4.78 is 22.7. The molecule has 4 heteroatoms. The molecule has 1 rings (SSSR count). The molecule has 0 fully saturated rings. The minimum Gasteiger partial charge on any atom is -0.307 e. The van der Waals surface area contributed by atoms with Gasteiger partial charge in [-0.1, -0.05) is 26.0 Å². The molecule has 0 aliphatic carbocycles. The fraction of sp³-hybridized carbons (Fsp3) is 0.571. The van der Waals surface area contributed by atoms with Crippen LogP contribution in [-0.4, -0.2) is 20.7 Å². The van der Waals surface area contributed by atoms with E-state index >= 15 is 0 Å². The van der Waals surface area contributed by atoms with Crippen molar-refractivity contribution in [2.24, 2.45) is 5.92 Å². The summed E-state index contributed by atoms with van der Waals surface area (Å²) in [6.07, 6.45) is 1.23. The second-order valence-corrected chi connectivity index (χ2v) is 7.28. The molecule has 1 N–H and O–H groups in total. The van der Waals surface area contributed by atoms with Crippen LogP contribution in [0.15, 0.2) is 29.2 Å². The zero-order chi connectivity index (χ0) is 13.9. The summed E-state index contributed by atoms with van der Waals surface area (Å²) in [6.45, 7) is 8.61. The molecule has 1 aromatic rings. The highest BCUT2D eigenvalue weighted by Gasteiger charge is 2.13. The van der Waals surface area contributed by atoms with Crippen LogP contribution in [-0.2, 0) is 9.84 Å². The molecule has 0 amide bonds. The van der Waals surface area contributed by atoms with E-state index < -0.39 is 9.84 Å². The predicted octanol–water partition coefficient (Wildman–Crippen LogP) is 2.79. The SMILES string of the molecule is CC(NC(C)C(C)C)c1ccc(S(C)(=O)=O)cc1. The zero-order valence-corrected chi connectivity index (χ0v) is 12.6. The van der Waals surface area contributed by atoms with E-state index in [9.17, 15) is 8.42 Å². The van der Waals surface area contributed by atoms with Crippen molar-refractivity contribution in [3.63, 3.8) is 0 Å². The van der Waals surface area contributed by atoms with E-state index in [1.807, 2.05) is 12.1 Å². The van der Waals surface area contributed by atoms with Crippen LogP contribution < -0.4 is 5.32 Å². The normalized spacial score (nSPS) is 15.7. The largest absolute Gasteiger partial charge is 0.307 e. The van der Waals surface area contributed by atoms with Gasteiger partial charge in [0.1, 0.15) is 0 Å². The van der Waals surface area contributed by atoms with Crippen LogP contribution in [0.5, 0.6) is 0 Å². The number of sulfone groups is 1. The van der Waals surface area contributed by atoms with E-state index in [0.29, 0.717) is 16.9 Å². The maximum atomic E-state index is 11.4. The summed E-state index contributed by atoms with van der Waals surface area (Å²) in [5.74, 6) is 0.572. The van der Waals surface area contributed by atoms with Gasteiger partial charge in [-0.2, -0.15) is 0 Å². The van der Waals surface area contributed by atoms with Gasteiger partial charge in [-0.05, 0) is 37.5 Å². The maximum absolute atomic E-state index is 11.4. The lowest BCUT2D eigenvalue weighted by Crippen LogP contribution is -2.32. The van der Waals surface area contributed by atoms with Gasteiger partial charge in [0, 0.05) is 18.3 Å². The van der Waals surface area contributed by atoms with Gasteiger partial charge in [-0.3, -0.25) is 0 Å². The third kappa shape index (κ3) is 4.10. The molecule has 3 nitrogen and oxygen atoms in total. The molecule has 0 aliphatic heterocycles. The molecule has 0 bridgehead atoms. The highest BCUT2D eigenvalue weighted by molar-refractivity contribution is 7.90. The lowest BCUT2D eigenvalue weighted by Gasteiger charge is -2.23. The third-order valence-corrected chi connectivity index (χ3v) is 4.45. The molecule has 0 spiro atoms. The van der Waals surface area contributed by atoms with E-state index in [4.69, 9.17) is 0 Å². The second kappa shape index (κ2) is 5.85. The summed E-state index contributed by atoms with van der Waals surface area (Å²) in [6, 6.07) is 7.74.